The number of carbonyl (C=O) groups is 1. The van der Waals surface area contributed by atoms with Gasteiger partial charge in [0, 0.05) is 38.8 Å². The summed E-state index contributed by atoms with van der Waals surface area (Å²) in [6, 6.07) is 18.5. The third-order valence-electron chi connectivity index (χ3n) is 5.05. The lowest BCUT2D eigenvalue weighted by Crippen LogP contribution is -2.40. The smallest absolute Gasteiger partial charge is 0.200 e. The average Bonchev–Trinajstić information content (AvgIpc) is 2.67. The highest BCUT2D eigenvalue weighted by Crippen LogP contribution is 2.43. The van der Waals surface area contributed by atoms with Crippen molar-refractivity contribution in [3.05, 3.63) is 98.0 Å². The van der Waals surface area contributed by atoms with Crippen LogP contribution >= 0.6 is 22.6 Å². The SMILES string of the molecule is CC1(C)CC(c2cccc[n+]2[O-])c2cc(C(=O)c3ccc(I)cc3)ccc2O1. The van der Waals surface area contributed by atoms with Gasteiger partial charge < -0.3 is 9.94 Å². The van der Waals surface area contributed by atoms with Crippen molar-refractivity contribution >= 4 is 28.4 Å². The Kier molecular flexibility index (Phi) is 4.87. The number of nitrogens with zero attached hydrogens (tertiary/aromatic N) is 1. The Morgan fingerprint density at radius 3 is 2.54 bits per heavy atom. The minimum Gasteiger partial charge on any atom is -0.618 e. The van der Waals surface area contributed by atoms with Gasteiger partial charge in [0.25, 0.3) is 0 Å². The second-order valence-corrected chi connectivity index (χ2v) is 8.90. The molecule has 3 aromatic rings. The van der Waals surface area contributed by atoms with Crippen molar-refractivity contribution in [1.82, 2.24) is 0 Å². The molecule has 0 radical (unpaired) electrons. The topological polar surface area (TPSA) is 53.2 Å². The minimum absolute atomic E-state index is 0.0363. The maximum absolute atomic E-state index is 13.0. The van der Waals surface area contributed by atoms with Gasteiger partial charge in [-0.3, -0.25) is 4.79 Å². The molecular weight excluding hydrogens is 465 g/mol. The fourth-order valence-electron chi connectivity index (χ4n) is 3.74. The Bertz CT molecular complexity index is 1040. The first kappa shape index (κ1) is 18.9. The summed E-state index contributed by atoms with van der Waals surface area (Å²) >= 11 is 2.22. The molecule has 1 atom stereocenters. The summed E-state index contributed by atoms with van der Waals surface area (Å²) in [6.07, 6.45) is 2.17. The quantitative estimate of drug-likeness (QED) is 0.231. The summed E-state index contributed by atoms with van der Waals surface area (Å²) < 4.78 is 8.13. The standard InChI is InChI=1S/C23H20INO3/c1-23(2)14-19(20-5-3-4-12-25(20)27)18-13-16(8-11-21(18)28-23)22(26)15-6-9-17(24)10-7-15/h3-13,19H,14H2,1-2H3. The van der Waals surface area contributed by atoms with Crippen LogP contribution in [0.5, 0.6) is 5.75 Å². The van der Waals surface area contributed by atoms with Crippen LogP contribution in [0, 0.1) is 8.78 Å². The van der Waals surface area contributed by atoms with Crippen LogP contribution in [0.15, 0.2) is 66.9 Å². The molecule has 1 aliphatic heterocycles. The Labute approximate surface area is 177 Å². The molecule has 5 heteroatoms. The van der Waals surface area contributed by atoms with Crippen molar-refractivity contribution in [3.63, 3.8) is 0 Å². The maximum atomic E-state index is 13.0. The number of halogens is 1. The monoisotopic (exact) mass is 485 g/mol. The fourth-order valence-corrected chi connectivity index (χ4v) is 4.10. The molecule has 2 aromatic carbocycles. The zero-order valence-electron chi connectivity index (χ0n) is 15.7. The van der Waals surface area contributed by atoms with E-state index < -0.39 is 5.60 Å². The fraction of sp³-hybridized carbons (Fsp3) is 0.217. The Hall–Kier alpha value is -2.41. The van der Waals surface area contributed by atoms with E-state index in [1.807, 2.05) is 62.4 Å². The van der Waals surface area contributed by atoms with Crippen LogP contribution in [0.1, 0.15) is 53.4 Å². The van der Waals surface area contributed by atoms with Gasteiger partial charge in [0.1, 0.15) is 11.4 Å². The van der Waals surface area contributed by atoms with Gasteiger partial charge >= 0.3 is 0 Å². The van der Waals surface area contributed by atoms with Gasteiger partial charge in [0.2, 0.25) is 5.69 Å². The lowest BCUT2D eigenvalue weighted by Gasteiger charge is -2.37. The van der Waals surface area contributed by atoms with E-state index in [0.29, 0.717) is 23.2 Å². The number of hydrogen-bond acceptors (Lipinski definition) is 3. The van der Waals surface area contributed by atoms with Gasteiger partial charge in [-0.15, -0.1) is 0 Å². The van der Waals surface area contributed by atoms with E-state index >= 15 is 0 Å². The molecule has 1 unspecified atom stereocenters. The van der Waals surface area contributed by atoms with Gasteiger partial charge in [0.05, 0.1) is 5.92 Å². The van der Waals surface area contributed by atoms with Crippen LogP contribution in [0.2, 0.25) is 0 Å². The molecule has 0 spiro atoms. The number of ketones is 1. The van der Waals surface area contributed by atoms with E-state index in [0.717, 1.165) is 19.6 Å². The summed E-state index contributed by atoms with van der Waals surface area (Å²) in [5.41, 5.74) is 2.39. The first-order valence-corrected chi connectivity index (χ1v) is 10.2. The molecule has 0 N–H and O–H groups in total. The van der Waals surface area contributed by atoms with Crippen molar-refractivity contribution in [1.29, 1.82) is 0 Å². The molecule has 142 valence electrons. The van der Waals surface area contributed by atoms with Crippen molar-refractivity contribution in [2.75, 3.05) is 0 Å². The highest BCUT2D eigenvalue weighted by molar-refractivity contribution is 14.1. The zero-order chi connectivity index (χ0) is 19.9. The number of hydrogen-bond donors (Lipinski definition) is 0. The molecule has 2 heterocycles. The van der Waals surface area contributed by atoms with Gasteiger partial charge in [-0.1, -0.05) is 0 Å². The first-order valence-electron chi connectivity index (χ1n) is 9.15. The second kappa shape index (κ2) is 7.20. The van der Waals surface area contributed by atoms with E-state index in [2.05, 4.69) is 22.6 Å². The Morgan fingerprint density at radius 1 is 1.11 bits per heavy atom. The Balaban J connectivity index is 1.79. The van der Waals surface area contributed by atoms with E-state index in [-0.39, 0.29) is 11.7 Å². The van der Waals surface area contributed by atoms with Crippen molar-refractivity contribution in [2.24, 2.45) is 0 Å². The van der Waals surface area contributed by atoms with Crippen molar-refractivity contribution in [2.45, 2.75) is 31.8 Å². The summed E-state index contributed by atoms with van der Waals surface area (Å²) in [5.74, 6) is 0.553. The minimum atomic E-state index is -0.401. The normalized spacial score (nSPS) is 17.5. The lowest BCUT2D eigenvalue weighted by molar-refractivity contribution is -0.615. The molecule has 0 aliphatic carbocycles. The number of aromatic nitrogens is 1. The highest BCUT2D eigenvalue weighted by Gasteiger charge is 2.38. The van der Waals surface area contributed by atoms with E-state index in [1.165, 1.54) is 6.20 Å². The first-order chi connectivity index (χ1) is 13.3. The Morgan fingerprint density at radius 2 is 1.82 bits per heavy atom. The summed E-state index contributed by atoms with van der Waals surface area (Å²) in [5, 5.41) is 12.4. The number of fused-ring (bicyclic) bond motifs is 1. The number of rotatable bonds is 3. The van der Waals surface area contributed by atoms with Crippen LogP contribution < -0.4 is 9.47 Å². The van der Waals surface area contributed by atoms with E-state index in [4.69, 9.17) is 4.74 Å². The van der Waals surface area contributed by atoms with E-state index in [1.54, 1.807) is 12.1 Å². The molecule has 4 nitrogen and oxygen atoms in total. The lowest BCUT2D eigenvalue weighted by atomic mass is 9.81. The highest BCUT2D eigenvalue weighted by atomic mass is 127. The molecule has 0 fully saturated rings. The number of benzene rings is 2. The molecule has 1 aromatic heterocycles. The van der Waals surface area contributed by atoms with Crippen LogP contribution in [0.25, 0.3) is 0 Å². The molecule has 28 heavy (non-hydrogen) atoms. The molecule has 0 saturated heterocycles. The van der Waals surface area contributed by atoms with Gasteiger partial charge in [0.15, 0.2) is 12.0 Å². The van der Waals surface area contributed by atoms with Crippen LogP contribution in [-0.4, -0.2) is 11.4 Å². The molecule has 0 bridgehead atoms. The van der Waals surface area contributed by atoms with E-state index in [9.17, 15) is 10.0 Å². The third kappa shape index (κ3) is 3.63. The molecular formula is C23H20INO3. The molecule has 4 rings (SSSR count). The molecule has 0 saturated carbocycles. The summed E-state index contributed by atoms with van der Waals surface area (Å²) in [6.45, 7) is 4.04. The van der Waals surface area contributed by atoms with Gasteiger partial charge in [-0.2, -0.15) is 4.73 Å². The number of carbonyl (C=O) groups excluding carboxylic acids is 1. The third-order valence-corrected chi connectivity index (χ3v) is 5.77. The summed E-state index contributed by atoms with van der Waals surface area (Å²) in [4.78, 5) is 13.0. The predicted octanol–water partition coefficient (Wildman–Crippen LogP) is 4.85. The average molecular weight is 485 g/mol. The van der Waals surface area contributed by atoms with Crippen LogP contribution in [0.4, 0.5) is 0 Å². The van der Waals surface area contributed by atoms with Crippen molar-refractivity contribution in [3.8, 4) is 5.75 Å². The molecule has 1 aliphatic rings. The number of pyridine rings is 1. The van der Waals surface area contributed by atoms with Crippen LogP contribution in [0.3, 0.4) is 0 Å². The summed E-state index contributed by atoms with van der Waals surface area (Å²) in [7, 11) is 0. The van der Waals surface area contributed by atoms with Gasteiger partial charge in [-0.25, -0.2) is 0 Å². The van der Waals surface area contributed by atoms with Crippen LogP contribution in [-0.2, 0) is 0 Å². The predicted molar refractivity (Wildman–Crippen MR) is 116 cm³/mol. The second-order valence-electron chi connectivity index (χ2n) is 7.66. The largest absolute Gasteiger partial charge is 0.618 e. The molecule has 0 amide bonds. The maximum Gasteiger partial charge on any atom is 0.200 e. The van der Waals surface area contributed by atoms with Crippen molar-refractivity contribution < 1.29 is 14.3 Å². The van der Waals surface area contributed by atoms with Gasteiger partial charge in [-0.05, 0) is 85.0 Å². The number of ether oxygens (including phenoxy) is 1. The zero-order valence-corrected chi connectivity index (χ0v) is 17.8.